The van der Waals surface area contributed by atoms with Gasteiger partial charge < -0.3 is 20.3 Å². The lowest BCUT2D eigenvalue weighted by Crippen LogP contribution is -2.40. The summed E-state index contributed by atoms with van der Waals surface area (Å²) in [6.45, 7) is 3.06. The van der Waals surface area contributed by atoms with Crippen molar-refractivity contribution in [1.29, 1.82) is 0 Å². The maximum Gasteiger partial charge on any atom is 0.118 e. The zero-order valence-electron chi connectivity index (χ0n) is 15.5. The molecule has 1 aromatic heterocycles. The molecular formula is C21H27NO3S. The van der Waals surface area contributed by atoms with Gasteiger partial charge in [-0.2, -0.15) is 0 Å². The molecule has 0 fully saturated rings. The van der Waals surface area contributed by atoms with Gasteiger partial charge in [0.1, 0.15) is 5.75 Å². The molecule has 0 bridgehead atoms. The average Bonchev–Trinajstić information content (AvgIpc) is 3.11. The van der Waals surface area contributed by atoms with E-state index in [1.165, 1.54) is 4.88 Å². The summed E-state index contributed by atoms with van der Waals surface area (Å²) in [7, 11) is 1.66. The summed E-state index contributed by atoms with van der Waals surface area (Å²) in [6.07, 6.45) is 2.33. The minimum absolute atomic E-state index is 0.00155. The van der Waals surface area contributed by atoms with Crippen LogP contribution in [0.1, 0.15) is 35.1 Å². The molecule has 0 aliphatic rings. The van der Waals surface area contributed by atoms with E-state index in [1.807, 2.05) is 37.3 Å². The Balaban J connectivity index is 1.68. The quantitative estimate of drug-likeness (QED) is 0.523. The van der Waals surface area contributed by atoms with E-state index in [4.69, 9.17) is 15.2 Å². The Morgan fingerprint density at radius 2 is 1.96 bits per heavy atom. The summed E-state index contributed by atoms with van der Waals surface area (Å²) < 4.78 is 10.8. The van der Waals surface area contributed by atoms with Crippen molar-refractivity contribution < 1.29 is 14.6 Å². The highest BCUT2D eigenvalue weighted by atomic mass is 32.1. The summed E-state index contributed by atoms with van der Waals surface area (Å²) in [4.78, 5) is 2.30. The van der Waals surface area contributed by atoms with Crippen LogP contribution in [-0.2, 0) is 17.8 Å². The predicted octanol–water partition coefficient (Wildman–Crippen LogP) is 3.36. The molecule has 0 aliphatic carbocycles. The SMILES string of the molecule is COc1ccc(COCCC#Cc2ccc(CCC(C)(N)CO)s2)cc1. The van der Waals surface area contributed by atoms with Crippen molar-refractivity contribution in [1.82, 2.24) is 0 Å². The van der Waals surface area contributed by atoms with Gasteiger partial charge in [0.25, 0.3) is 0 Å². The van der Waals surface area contributed by atoms with E-state index in [2.05, 4.69) is 17.9 Å². The number of aryl methyl sites for hydroxylation is 1. The summed E-state index contributed by atoms with van der Waals surface area (Å²) >= 11 is 1.68. The highest BCUT2D eigenvalue weighted by molar-refractivity contribution is 7.12. The third-order valence-electron chi connectivity index (χ3n) is 3.98. The van der Waals surface area contributed by atoms with Crippen LogP contribution in [0.2, 0.25) is 0 Å². The molecule has 0 amide bonds. The van der Waals surface area contributed by atoms with Crippen LogP contribution in [-0.4, -0.2) is 31.0 Å². The van der Waals surface area contributed by atoms with E-state index in [1.54, 1.807) is 18.4 Å². The lowest BCUT2D eigenvalue weighted by Gasteiger charge is -2.20. The molecule has 1 unspecified atom stereocenters. The van der Waals surface area contributed by atoms with E-state index in [-0.39, 0.29) is 6.61 Å². The minimum atomic E-state index is -0.517. The van der Waals surface area contributed by atoms with Crippen molar-refractivity contribution >= 4 is 11.3 Å². The molecule has 1 aromatic carbocycles. The first-order valence-electron chi connectivity index (χ1n) is 8.70. The molecule has 1 atom stereocenters. The molecule has 0 spiro atoms. The number of benzene rings is 1. The second-order valence-electron chi connectivity index (χ2n) is 6.53. The van der Waals surface area contributed by atoms with Crippen LogP contribution in [0.25, 0.3) is 0 Å². The van der Waals surface area contributed by atoms with Crippen molar-refractivity contribution in [2.75, 3.05) is 20.3 Å². The molecule has 2 rings (SSSR count). The lowest BCUT2D eigenvalue weighted by atomic mass is 9.98. The highest BCUT2D eigenvalue weighted by Crippen LogP contribution is 2.19. The number of methoxy groups -OCH3 is 1. The molecular weight excluding hydrogens is 346 g/mol. The van der Waals surface area contributed by atoms with Gasteiger partial charge in [-0.1, -0.05) is 24.0 Å². The van der Waals surface area contributed by atoms with Crippen LogP contribution in [0.5, 0.6) is 5.75 Å². The van der Waals surface area contributed by atoms with Gasteiger partial charge in [-0.3, -0.25) is 0 Å². The maximum atomic E-state index is 9.20. The van der Waals surface area contributed by atoms with Crippen molar-refractivity contribution in [3.05, 3.63) is 51.7 Å². The zero-order valence-corrected chi connectivity index (χ0v) is 16.3. The van der Waals surface area contributed by atoms with Crippen LogP contribution in [0.3, 0.4) is 0 Å². The number of nitrogens with two attached hydrogens (primary N) is 1. The molecule has 5 heteroatoms. The lowest BCUT2D eigenvalue weighted by molar-refractivity contribution is 0.126. The molecule has 140 valence electrons. The van der Waals surface area contributed by atoms with Gasteiger partial charge in [-0.15, -0.1) is 11.3 Å². The molecule has 4 nitrogen and oxygen atoms in total. The molecule has 26 heavy (non-hydrogen) atoms. The van der Waals surface area contributed by atoms with Crippen molar-refractivity contribution in [3.63, 3.8) is 0 Å². The Kier molecular flexibility index (Phi) is 8.14. The van der Waals surface area contributed by atoms with Crippen LogP contribution in [0.15, 0.2) is 36.4 Å². The summed E-state index contributed by atoms with van der Waals surface area (Å²) in [6, 6.07) is 12.0. The fourth-order valence-corrected chi connectivity index (χ4v) is 3.13. The van der Waals surface area contributed by atoms with Gasteiger partial charge in [0.15, 0.2) is 0 Å². The summed E-state index contributed by atoms with van der Waals surface area (Å²) in [5, 5.41) is 9.20. The molecule has 0 saturated carbocycles. The van der Waals surface area contributed by atoms with Crippen molar-refractivity contribution in [2.24, 2.45) is 5.73 Å². The van der Waals surface area contributed by atoms with Crippen LogP contribution < -0.4 is 10.5 Å². The van der Waals surface area contributed by atoms with E-state index in [0.717, 1.165) is 29.0 Å². The molecule has 0 aliphatic heterocycles. The Bertz CT molecular complexity index is 726. The number of aliphatic hydroxyl groups excluding tert-OH is 1. The van der Waals surface area contributed by atoms with Gasteiger partial charge in [0.2, 0.25) is 0 Å². The number of rotatable bonds is 9. The first kappa shape index (κ1) is 20.5. The monoisotopic (exact) mass is 373 g/mol. The van der Waals surface area contributed by atoms with Crippen LogP contribution in [0, 0.1) is 11.8 Å². The fourth-order valence-electron chi connectivity index (χ4n) is 2.25. The van der Waals surface area contributed by atoms with Gasteiger partial charge in [0, 0.05) is 16.8 Å². The van der Waals surface area contributed by atoms with E-state index < -0.39 is 5.54 Å². The molecule has 1 heterocycles. The summed E-state index contributed by atoms with van der Waals surface area (Å²) in [5.41, 5.74) is 6.57. The molecule has 0 saturated heterocycles. The smallest absolute Gasteiger partial charge is 0.118 e. The zero-order chi connectivity index (χ0) is 18.8. The van der Waals surface area contributed by atoms with Crippen LogP contribution >= 0.6 is 11.3 Å². The minimum Gasteiger partial charge on any atom is -0.497 e. The average molecular weight is 374 g/mol. The first-order valence-corrected chi connectivity index (χ1v) is 9.52. The molecule has 3 N–H and O–H groups in total. The number of hydrogen-bond donors (Lipinski definition) is 2. The maximum absolute atomic E-state index is 9.20. The topological polar surface area (TPSA) is 64.7 Å². The third kappa shape index (κ3) is 7.19. The highest BCUT2D eigenvalue weighted by Gasteiger charge is 2.16. The normalized spacial score (nSPS) is 12.9. The standard InChI is InChI=1S/C21H27NO3S/c1-21(22,16-23)13-12-20-11-10-19(26-20)5-3-4-14-25-15-17-6-8-18(24-2)9-7-17/h6-11,23H,4,12-16,22H2,1-2H3. The van der Waals surface area contributed by atoms with Gasteiger partial charge in [-0.25, -0.2) is 0 Å². The first-order chi connectivity index (χ1) is 12.5. The van der Waals surface area contributed by atoms with E-state index in [9.17, 15) is 5.11 Å². The number of thiophene rings is 1. The van der Waals surface area contributed by atoms with E-state index >= 15 is 0 Å². The Morgan fingerprint density at radius 1 is 1.19 bits per heavy atom. The predicted molar refractivity (Wildman–Crippen MR) is 106 cm³/mol. The number of hydrogen-bond acceptors (Lipinski definition) is 5. The van der Waals surface area contributed by atoms with Gasteiger partial charge in [-0.05, 0) is 49.6 Å². The Labute approximate surface area is 160 Å². The Hall–Kier alpha value is -1.84. The summed E-state index contributed by atoms with van der Waals surface area (Å²) in [5.74, 6) is 7.18. The fraction of sp³-hybridized carbons (Fsp3) is 0.429. The second kappa shape index (κ2) is 10.3. The number of aliphatic hydroxyl groups is 1. The number of ether oxygens (including phenoxy) is 2. The van der Waals surface area contributed by atoms with Gasteiger partial charge >= 0.3 is 0 Å². The van der Waals surface area contributed by atoms with Crippen LogP contribution in [0.4, 0.5) is 0 Å². The second-order valence-corrected chi connectivity index (χ2v) is 7.70. The molecule has 0 radical (unpaired) electrons. The third-order valence-corrected chi connectivity index (χ3v) is 5.04. The van der Waals surface area contributed by atoms with Gasteiger partial charge in [0.05, 0.1) is 31.8 Å². The van der Waals surface area contributed by atoms with Crippen molar-refractivity contribution in [2.45, 2.75) is 38.3 Å². The van der Waals surface area contributed by atoms with Crippen molar-refractivity contribution in [3.8, 4) is 17.6 Å². The van der Waals surface area contributed by atoms with E-state index in [0.29, 0.717) is 19.6 Å². The largest absolute Gasteiger partial charge is 0.497 e. The molecule has 2 aromatic rings. The Morgan fingerprint density at radius 3 is 2.65 bits per heavy atom.